The number of nitrogens with zero attached hydrogens (tertiary/aromatic N) is 2. The first kappa shape index (κ1) is 16.1. The first-order valence-corrected chi connectivity index (χ1v) is 7.14. The van der Waals surface area contributed by atoms with Crippen LogP contribution in [0.1, 0.15) is 0 Å². The molecule has 1 amide bonds. The van der Waals surface area contributed by atoms with Gasteiger partial charge in [0.2, 0.25) is 11.6 Å². The van der Waals surface area contributed by atoms with E-state index in [9.17, 15) is 19.5 Å². The molecule has 3 rings (SSSR count). The summed E-state index contributed by atoms with van der Waals surface area (Å²) in [5.41, 5.74) is -2.43. The van der Waals surface area contributed by atoms with Gasteiger partial charge in [-0.15, -0.1) is 10.2 Å². The minimum Gasteiger partial charge on any atom is -0.493 e. The largest absolute Gasteiger partial charge is 0.493 e. The first-order valence-electron chi connectivity index (χ1n) is 7.14. The molecule has 25 heavy (non-hydrogen) atoms. The molecule has 0 aliphatic rings. The Morgan fingerprint density at radius 3 is 2.60 bits per heavy atom. The second-order valence-corrected chi connectivity index (χ2v) is 5.00. The van der Waals surface area contributed by atoms with E-state index in [0.29, 0.717) is 5.75 Å². The van der Waals surface area contributed by atoms with Gasteiger partial charge in [0, 0.05) is 0 Å². The molecule has 0 radical (unpaired) electrons. The molecule has 0 aliphatic carbocycles. The van der Waals surface area contributed by atoms with E-state index >= 15 is 0 Å². The summed E-state index contributed by atoms with van der Waals surface area (Å²) in [5, 5.41) is 18.0. The van der Waals surface area contributed by atoms with Crippen LogP contribution in [0.25, 0.3) is 10.8 Å². The van der Waals surface area contributed by atoms with Gasteiger partial charge >= 0.3 is 11.6 Å². The van der Waals surface area contributed by atoms with Crippen molar-refractivity contribution >= 4 is 22.4 Å². The molecule has 3 aromatic rings. The lowest BCUT2D eigenvalue weighted by molar-refractivity contribution is -0.120. The summed E-state index contributed by atoms with van der Waals surface area (Å²) in [6.07, 6.45) is 0. The SMILES string of the molecule is O=C(COc1ccc2ccccc2c1)N=Nc1c(O)[nH]c(=O)[nH]c1=O. The number of amides is 1. The highest BCUT2D eigenvalue weighted by Gasteiger charge is 2.09. The Labute approximate surface area is 139 Å². The molecular formula is C16H12N4O5. The van der Waals surface area contributed by atoms with Gasteiger partial charge in [-0.05, 0) is 22.9 Å². The number of carbonyl (C=O) groups excluding carboxylic acids is 1. The molecule has 0 saturated heterocycles. The molecule has 0 unspecified atom stereocenters. The van der Waals surface area contributed by atoms with Crippen molar-refractivity contribution in [3.8, 4) is 11.6 Å². The van der Waals surface area contributed by atoms with Crippen LogP contribution >= 0.6 is 0 Å². The number of rotatable bonds is 4. The number of azo groups is 1. The molecule has 0 fully saturated rings. The normalized spacial score (nSPS) is 11.0. The number of aromatic nitrogens is 2. The average Bonchev–Trinajstić information content (AvgIpc) is 2.59. The van der Waals surface area contributed by atoms with Gasteiger partial charge in [-0.3, -0.25) is 19.6 Å². The van der Waals surface area contributed by atoms with Crippen LogP contribution in [0.4, 0.5) is 5.69 Å². The molecule has 1 aromatic heterocycles. The third kappa shape index (κ3) is 3.78. The Bertz CT molecular complexity index is 1080. The highest BCUT2D eigenvalue weighted by molar-refractivity contribution is 5.84. The van der Waals surface area contributed by atoms with Gasteiger partial charge in [0.05, 0.1) is 0 Å². The van der Waals surface area contributed by atoms with Crippen molar-refractivity contribution in [1.82, 2.24) is 9.97 Å². The molecule has 0 saturated carbocycles. The average molecular weight is 340 g/mol. The van der Waals surface area contributed by atoms with Crippen LogP contribution in [-0.2, 0) is 4.79 Å². The van der Waals surface area contributed by atoms with Gasteiger partial charge in [0.15, 0.2) is 6.61 Å². The van der Waals surface area contributed by atoms with Gasteiger partial charge in [-0.1, -0.05) is 30.3 Å². The summed E-state index contributed by atoms with van der Waals surface area (Å²) in [6.45, 7) is -0.399. The van der Waals surface area contributed by atoms with Crippen LogP contribution in [0.15, 0.2) is 62.3 Å². The van der Waals surface area contributed by atoms with Crippen LogP contribution in [0.3, 0.4) is 0 Å². The van der Waals surface area contributed by atoms with Crippen molar-refractivity contribution in [2.24, 2.45) is 10.2 Å². The first-order chi connectivity index (χ1) is 12.0. The van der Waals surface area contributed by atoms with E-state index in [1.807, 2.05) is 40.3 Å². The maximum atomic E-state index is 11.7. The van der Waals surface area contributed by atoms with Crippen LogP contribution < -0.4 is 16.0 Å². The summed E-state index contributed by atoms with van der Waals surface area (Å²) in [4.78, 5) is 37.8. The third-order valence-electron chi connectivity index (χ3n) is 3.24. The molecule has 0 aliphatic heterocycles. The van der Waals surface area contributed by atoms with Crippen LogP contribution in [0.2, 0.25) is 0 Å². The molecule has 1 heterocycles. The molecule has 126 valence electrons. The highest BCUT2D eigenvalue weighted by atomic mass is 16.5. The fraction of sp³-hybridized carbons (Fsp3) is 0.0625. The van der Waals surface area contributed by atoms with E-state index in [-0.39, 0.29) is 0 Å². The maximum Gasteiger partial charge on any atom is 0.328 e. The molecule has 2 aromatic carbocycles. The van der Waals surface area contributed by atoms with E-state index in [4.69, 9.17) is 4.74 Å². The van der Waals surface area contributed by atoms with Crippen LogP contribution in [-0.4, -0.2) is 27.6 Å². The minimum absolute atomic E-state index is 0.399. The maximum absolute atomic E-state index is 11.7. The summed E-state index contributed by atoms with van der Waals surface area (Å²) in [7, 11) is 0. The van der Waals surface area contributed by atoms with Gasteiger partial charge < -0.3 is 9.84 Å². The Hall–Kier alpha value is -3.75. The van der Waals surface area contributed by atoms with Crippen molar-refractivity contribution in [3.63, 3.8) is 0 Å². The minimum atomic E-state index is -0.965. The van der Waals surface area contributed by atoms with Gasteiger partial charge in [-0.25, -0.2) is 4.79 Å². The van der Waals surface area contributed by atoms with Crippen molar-refractivity contribution in [1.29, 1.82) is 0 Å². The molecule has 0 spiro atoms. The zero-order valence-electron chi connectivity index (χ0n) is 12.7. The third-order valence-corrected chi connectivity index (χ3v) is 3.24. The van der Waals surface area contributed by atoms with Gasteiger partial charge in [-0.2, -0.15) is 0 Å². The number of benzene rings is 2. The lowest BCUT2D eigenvalue weighted by Crippen LogP contribution is -2.21. The van der Waals surface area contributed by atoms with Crippen molar-refractivity contribution < 1.29 is 14.6 Å². The Morgan fingerprint density at radius 2 is 1.84 bits per heavy atom. The molecule has 9 nitrogen and oxygen atoms in total. The number of fused-ring (bicyclic) bond motifs is 1. The lowest BCUT2D eigenvalue weighted by Gasteiger charge is -2.04. The predicted octanol–water partition coefficient (Wildman–Crippen LogP) is 1.61. The van der Waals surface area contributed by atoms with Gasteiger partial charge in [0.1, 0.15) is 5.75 Å². The van der Waals surface area contributed by atoms with E-state index in [0.717, 1.165) is 10.8 Å². The topological polar surface area (TPSA) is 137 Å². The zero-order valence-corrected chi connectivity index (χ0v) is 12.7. The quantitative estimate of drug-likeness (QED) is 0.620. The zero-order chi connectivity index (χ0) is 17.8. The number of aromatic amines is 2. The molecule has 0 bridgehead atoms. The highest BCUT2D eigenvalue weighted by Crippen LogP contribution is 2.20. The number of H-pyrrole nitrogens is 2. The number of aromatic hydroxyl groups is 1. The van der Waals surface area contributed by atoms with E-state index in [1.165, 1.54) is 0 Å². The molecule has 9 heteroatoms. The number of carbonyl (C=O) groups is 1. The molecular weight excluding hydrogens is 328 g/mol. The molecule has 3 N–H and O–H groups in total. The van der Waals surface area contributed by atoms with Crippen LogP contribution in [0, 0.1) is 0 Å². The number of hydrogen-bond acceptors (Lipinski definition) is 6. The van der Waals surface area contributed by atoms with Crippen molar-refractivity contribution in [2.75, 3.05) is 6.61 Å². The smallest absolute Gasteiger partial charge is 0.328 e. The Morgan fingerprint density at radius 1 is 1.08 bits per heavy atom. The number of hydrogen-bond donors (Lipinski definition) is 3. The predicted molar refractivity (Wildman–Crippen MR) is 88.3 cm³/mol. The fourth-order valence-electron chi connectivity index (χ4n) is 2.10. The summed E-state index contributed by atoms with van der Waals surface area (Å²) in [5.74, 6) is -1.06. The summed E-state index contributed by atoms with van der Waals surface area (Å²) >= 11 is 0. The summed E-state index contributed by atoms with van der Waals surface area (Å²) < 4.78 is 5.33. The fourth-order valence-corrected chi connectivity index (χ4v) is 2.10. The van der Waals surface area contributed by atoms with Crippen LogP contribution in [0.5, 0.6) is 11.6 Å². The second kappa shape index (κ2) is 6.79. The van der Waals surface area contributed by atoms with Gasteiger partial charge in [0.25, 0.3) is 5.56 Å². The summed E-state index contributed by atoms with van der Waals surface area (Å²) in [6, 6.07) is 13.0. The standard InChI is InChI=1S/C16H12N4O5/c21-12(19-20-13-14(22)17-16(24)18-15(13)23)8-25-11-6-5-9-3-1-2-4-10(9)7-11/h1-7H,8H2,(H3,17,18,22,23,24). The van der Waals surface area contributed by atoms with E-state index in [2.05, 4.69) is 10.2 Å². The molecule has 0 atom stereocenters. The van der Waals surface area contributed by atoms with E-state index < -0.39 is 35.3 Å². The van der Waals surface area contributed by atoms with E-state index in [1.54, 1.807) is 12.1 Å². The van der Waals surface area contributed by atoms with Crippen molar-refractivity contribution in [3.05, 3.63) is 63.3 Å². The Balaban J connectivity index is 1.68. The second-order valence-electron chi connectivity index (χ2n) is 5.00. The lowest BCUT2D eigenvalue weighted by atomic mass is 10.1. The number of nitrogens with one attached hydrogen (secondary N) is 2. The monoisotopic (exact) mass is 340 g/mol. The Kier molecular flexibility index (Phi) is 4.38. The van der Waals surface area contributed by atoms with Crippen molar-refractivity contribution in [2.45, 2.75) is 0 Å². The number of ether oxygens (including phenoxy) is 1.